The largest absolute Gasteiger partial charge is 0.0683 e. The normalized spacial score (nSPS) is 8.53. The lowest BCUT2D eigenvalue weighted by molar-refractivity contribution is 0.656. The summed E-state index contributed by atoms with van der Waals surface area (Å²) in [5.74, 6) is 0. The molecule has 1 rings (SSSR count). The molecule has 0 heteroatoms. The topological polar surface area (TPSA) is 0 Å². The first-order valence-electron chi connectivity index (χ1n) is 7.39. The average Bonchev–Trinajstić information content (AvgIpc) is 2.43. The van der Waals surface area contributed by atoms with Gasteiger partial charge in [-0.2, -0.15) is 0 Å². The summed E-state index contributed by atoms with van der Waals surface area (Å²) in [6.07, 6.45) is 8.15. The van der Waals surface area contributed by atoms with E-state index in [0.29, 0.717) is 0 Å². The third-order valence-electron chi connectivity index (χ3n) is 2.46. The summed E-state index contributed by atoms with van der Waals surface area (Å²) in [5.41, 5.74) is 1.41. The van der Waals surface area contributed by atoms with Crippen LogP contribution >= 0.6 is 0 Å². The predicted molar refractivity (Wildman–Crippen MR) is 81.6 cm³/mol. The maximum absolute atomic E-state index is 2.25. The first-order chi connectivity index (χ1) is 8.35. The molecule has 0 saturated heterocycles. The fraction of sp³-hybridized carbons (Fsp3) is 0.647. The van der Waals surface area contributed by atoms with E-state index in [0.717, 1.165) is 6.42 Å². The maximum atomic E-state index is 2.25. The minimum atomic E-state index is 1.14. The lowest BCUT2D eigenvalue weighted by Gasteiger charge is -1.90. The highest BCUT2D eigenvalue weighted by Crippen LogP contribution is 2.00. The predicted octanol–water partition coefficient (Wildman–Crippen LogP) is 6.25. The molecule has 0 spiro atoms. The van der Waals surface area contributed by atoms with Crippen molar-refractivity contribution in [3.05, 3.63) is 35.9 Å². The highest BCUT2D eigenvalue weighted by Gasteiger charge is 1.80. The molecule has 0 aliphatic rings. The van der Waals surface area contributed by atoms with Crippen molar-refractivity contribution in [3.63, 3.8) is 0 Å². The summed E-state index contributed by atoms with van der Waals surface area (Å²) in [4.78, 5) is 0. The molecule has 0 nitrogen and oxygen atoms in total. The molecule has 100 valence electrons. The summed E-state index contributed by atoms with van der Waals surface area (Å²) >= 11 is 0. The van der Waals surface area contributed by atoms with Crippen molar-refractivity contribution in [1.82, 2.24) is 0 Å². The first-order valence-corrected chi connectivity index (χ1v) is 7.39. The molecule has 0 atom stereocenters. The van der Waals surface area contributed by atoms with Crippen molar-refractivity contribution in [2.75, 3.05) is 0 Å². The van der Waals surface area contributed by atoms with Gasteiger partial charge in [0.15, 0.2) is 0 Å². The van der Waals surface area contributed by atoms with Gasteiger partial charge in [0.05, 0.1) is 0 Å². The minimum absolute atomic E-state index is 1.14. The summed E-state index contributed by atoms with van der Waals surface area (Å²) < 4.78 is 0. The van der Waals surface area contributed by atoms with E-state index in [-0.39, 0.29) is 0 Å². The van der Waals surface area contributed by atoms with Crippen molar-refractivity contribution >= 4 is 0 Å². The molecule has 0 radical (unpaired) electrons. The van der Waals surface area contributed by atoms with Crippen LogP contribution in [0.25, 0.3) is 0 Å². The van der Waals surface area contributed by atoms with Crippen LogP contribution in [0.4, 0.5) is 0 Å². The molecule has 0 saturated carbocycles. The number of benzene rings is 1. The van der Waals surface area contributed by atoms with Crippen LogP contribution in [-0.2, 0) is 6.42 Å². The third kappa shape index (κ3) is 15.2. The van der Waals surface area contributed by atoms with Crippen molar-refractivity contribution in [2.24, 2.45) is 0 Å². The van der Waals surface area contributed by atoms with E-state index in [9.17, 15) is 0 Å². The van der Waals surface area contributed by atoms with E-state index >= 15 is 0 Å². The van der Waals surface area contributed by atoms with Crippen LogP contribution in [0.2, 0.25) is 0 Å². The SMILES string of the molecule is CC.CCCCCCC.CCc1ccccc1. The standard InChI is InChI=1S/C8H10.C7H16.C2H6/c1-2-8-6-4-3-5-7-8;1-3-5-7-6-4-2;1-2/h3-7H,2H2,1H3;3-7H2,1-2H3;1-2H3. The first kappa shape index (κ1) is 18.6. The molecule has 0 aromatic heterocycles. The number of unbranched alkanes of at least 4 members (excludes halogenated alkanes) is 4. The highest BCUT2D eigenvalue weighted by molar-refractivity contribution is 5.13. The van der Waals surface area contributed by atoms with Gasteiger partial charge in [-0.05, 0) is 12.0 Å². The maximum Gasteiger partial charge on any atom is -0.0307 e. The zero-order valence-electron chi connectivity index (χ0n) is 12.6. The van der Waals surface area contributed by atoms with E-state index in [1.54, 1.807) is 0 Å². The molecule has 0 bridgehead atoms. The molecular weight excluding hydrogens is 204 g/mol. The highest BCUT2D eigenvalue weighted by atomic mass is 13.9. The zero-order chi connectivity index (χ0) is 13.4. The average molecular weight is 236 g/mol. The Balaban J connectivity index is 0. The van der Waals surface area contributed by atoms with Crippen molar-refractivity contribution in [1.29, 1.82) is 0 Å². The molecular formula is C17H32. The molecule has 0 unspecified atom stereocenters. The summed E-state index contributed by atoms with van der Waals surface area (Å²) in [6, 6.07) is 10.5. The monoisotopic (exact) mass is 236 g/mol. The number of hydrogen-bond acceptors (Lipinski definition) is 0. The molecule has 0 N–H and O–H groups in total. The zero-order valence-corrected chi connectivity index (χ0v) is 12.6. The lowest BCUT2D eigenvalue weighted by Crippen LogP contribution is -1.73. The fourth-order valence-corrected chi connectivity index (χ4v) is 1.39. The van der Waals surface area contributed by atoms with Crippen LogP contribution in [0, 0.1) is 0 Å². The Morgan fingerprint density at radius 1 is 0.706 bits per heavy atom. The van der Waals surface area contributed by atoms with Gasteiger partial charge in [0, 0.05) is 0 Å². The van der Waals surface area contributed by atoms with Gasteiger partial charge in [0.1, 0.15) is 0 Å². The van der Waals surface area contributed by atoms with Crippen LogP contribution < -0.4 is 0 Å². The van der Waals surface area contributed by atoms with Gasteiger partial charge in [0.25, 0.3) is 0 Å². The molecule has 17 heavy (non-hydrogen) atoms. The molecule has 0 fully saturated rings. The van der Waals surface area contributed by atoms with Crippen LogP contribution in [-0.4, -0.2) is 0 Å². The molecule has 0 heterocycles. The second-order valence-corrected chi connectivity index (χ2v) is 3.90. The third-order valence-corrected chi connectivity index (χ3v) is 2.46. The Kier molecular flexibility index (Phi) is 19.2. The van der Waals surface area contributed by atoms with E-state index in [2.05, 4.69) is 45.0 Å². The summed E-state index contributed by atoms with van der Waals surface area (Å²) in [6.45, 7) is 10.7. The van der Waals surface area contributed by atoms with Crippen molar-refractivity contribution in [2.45, 2.75) is 73.1 Å². The second kappa shape index (κ2) is 17.6. The second-order valence-electron chi connectivity index (χ2n) is 3.90. The van der Waals surface area contributed by atoms with Gasteiger partial charge < -0.3 is 0 Å². The van der Waals surface area contributed by atoms with Gasteiger partial charge in [-0.15, -0.1) is 0 Å². The Hall–Kier alpha value is -0.780. The lowest BCUT2D eigenvalue weighted by atomic mass is 10.2. The van der Waals surface area contributed by atoms with Gasteiger partial charge in [0.2, 0.25) is 0 Å². The van der Waals surface area contributed by atoms with Crippen molar-refractivity contribution in [3.8, 4) is 0 Å². The van der Waals surface area contributed by atoms with Crippen LogP contribution in [0.1, 0.15) is 72.3 Å². The number of rotatable bonds is 5. The smallest absolute Gasteiger partial charge is 0.0307 e. The van der Waals surface area contributed by atoms with Gasteiger partial charge in [-0.25, -0.2) is 0 Å². The Bertz CT molecular complexity index is 197. The van der Waals surface area contributed by atoms with E-state index in [4.69, 9.17) is 0 Å². The quantitative estimate of drug-likeness (QED) is 0.530. The summed E-state index contributed by atoms with van der Waals surface area (Å²) in [5, 5.41) is 0. The Labute approximate surface area is 109 Å². The number of hydrogen-bond donors (Lipinski definition) is 0. The van der Waals surface area contributed by atoms with Gasteiger partial charge in [-0.1, -0.05) is 97.1 Å². The van der Waals surface area contributed by atoms with Crippen LogP contribution in [0.15, 0.2) is 30.3 Å². The molecule has 1 aromatic rings. The summed E-state index contributed by atoms with van der Waals surface area (Å²) in [7, 11) is 0. The van der Waals surface area contributed by atoms with E-state index in [1.807, 2.05) is 19.9 Å². The van der Waals surface area contributed by atoms with Crippen LogP contribution in [0.3, 0.4) is 0 Å². The number of aryl methyl sites for hydroxylation is 1. The van der Waals surface area contributed by atoms with Crippen LogP contribution in [0.5, 0.6) is 0 Å². The molecule has 1 aromatic carbocycles. The van der Waals surface area contributed by atoms with Gasteiger partial charge >= 0.3 is 0 Å². The Morgan fingerprint density at radius 3 is 1.47 bits per heavy atom. The van der Waals surface area contributed by atoms with E-state index < -0.39 is 0 Å². The fourth-order valence-electron chi connectivity index (χ4n) is 1.39. The van der Waals surface area contributed by atoms with Gasteiger partial charge in [-0.3, -0.25) is 0 Å². The molecule has 0 aliphatic heterocycles. The minimum Gasteiger partial charge on any atom is -0.0683 e. The van der Waals surface area contributed by atoms with E-state index in [1.165, 1.54) is 37.7 Å². The molecule has 0 amide bonds. The van der Waals surface area contributed by atoms with Crippen molar-refractivity contribution < 1.29 is 0 Å². The molecule has 0 aliphatic carbocycles. The Morgan fingerprint density at radius 2 is 1.18 bits per heavy atom.